The van der Waals surface area contributed by atoms with Gasteiger partial charge in [-0.1, -0.05) is 0 Å². The maximum absolute atomic E-state index is 6.14. The van der Waals surface area contributed by atoms with E-state index in [2.05, 4.69) is 69.9 Å². The summed E-state index contributed by atoms with van der Waals surface area (Å²) in [5, 5.41) is 0. The molecule has 149 valence electrons. The average molecular weight is 514 g/mol. The maximum atomic E-state index is 6.14. The Kier molecular flexibility index (Phi) is 9.70. The van der Waals surface area contributed by atoms with E-state index >= 15 is 0 Å². The van der Waals surface area contributed by atoms with Crippen molar-refractivity contribution in [3.05, 3.63) is 70.0 Å². The summed E-state index contributed by atoms with van der Waals surface area (Å²) in [6.45, 7) is 12.3. The number of hydrogen-bond donors (Lipinski definition) is 0. The van der Waals surface area contributed by atoms with Crippen molar-refractivity contribution in [2.75, 3.05) is 13.2 Å². The molecule has 28 heavy (non-hydrogen) atoms. The van der Waals surface area contributed by atoms with Crippen molar-refractivity contribution >= 4 is 17.2 Å². The van der Waals surface area contributed by atoms with Crippen LogP contribution in [0.3, 0.4) is 0 Å². The molecule has 2 nitrogen and oxygen atoms in total. The Morgan fingerprint density at radius 2 is 1.68 bits per heavy atom. The van der Waals surface area contributed by atoms with Crippen LogP contribution < -0.4 is 24.8 Å². The number of benzene rings is 1. The molecular formula is C22H27Cl2O2SiZr. The molecule has 1 aromatic rings. The van der Waals surface area contributed by atoms with Crippen molar-refractivity contribution in [3.63, 3.8) is 0 Å². The SMILES string of the molecule is CC(C)=C1C(C2=C(OCCO[Si](C)(C)C)C=CC2)=[C]([Zr+2])c2ccccc21.[Cl-].[Cl-]. The molecule has 0 saturated heterocycles. The van der Waals surface area contributed by atoms with Crippen molar-refractivity contribution < 1.29 is 58.7 Å². The average Bonchev–Trinajstić information content (AvgIpc) is 3.13. The van der Waals surface area contributed by atoms with E-state index < -0.39 is 8.32 Å². The Hall–Kier alpha value is -0.380. The van der Waals surface area contributed by atoms with Crippen LogP contribution in [0.4, 0.5) is 0 Å². The quantitative estimate of drug-likeness (QED) is 0.389. The number of rotatable bonds is 6. The minimum Gasteiger partial charge on any atom is -1.00 e. The van der Waals surface area contributed by atoms with Crippen LogP contribution in [-0.4, -0.2) is 21.5 Å². The first-order valence-electron chi connectivity index (χ1n) is 9.20. The van der Waals surface area contributed by atoms with Crippen LogP contribution in [0.2, 0.25) is 19.6 Å². The van der Waals surface area contributed by atoms with E-state index in [9.17, 15) is 0 Å². The van der Waals surface area contributed by atoms with E-state index in [1.807, 2.05) is 0 Å². The predicted molar refractivity (Wildman–Crippen MR) is 108 cm³/mol. The Labute approximate surface area is 198 Å². The molecule has 1 aromatic carbocycles. The van der Waals surface area contributed by atoms with Crippen LogP contribution in [0.5, 0.6) is 0 Å². The minimum absolute atomic E-state index is 0. The maximum Gasteiger partial charge on any atom is -1.00 e. The minimum atomic E-state index is -1.48. The molecule has 3 rings (SSSR count). The summed E-state index contributed by atoms with van der Waals surface area (Å²) in [7, 11) is -1.48. The van der Waals surface area contributed by atoms with Crippen LogP contribution in [0.15, 0.2) is 58.9 Å². The van der Waals surface area contributed by atoms with Gasteiger partial charge in [0.15, 0.2) is 0 Å². The molecule has 0 unspecified atom stereocenters. The van der Waals surface area contributed by atoms with Crippen molar-refractivity contribution in [1.82, 2.24) is 0 Å². The van der Waals surface area contributed by atoms with Crippen LogP contribution >= 0.6 is 0 Å². The molecule has 2 aliphatic rings. The third kappa shape index (κ3) is 5.61. The molecule has 0 amide bonds. The van der Waals surface area contributed by atoms with Gasteiger partial charge in [0.05, 0.1) is 0 Å². The largest absolute Gasteiger partial charge is 1.00 e. The zero-order chi connectivity index (χ0) is 18.9. The normalized spacial score (nSPS) is 15.5. The fourth-order valence-electron chi connectivity index (χ4n) is 3.48. The number of halogens is 2. The second-order valence-corrected chi connectivity index (χ2v) is 13.7. The molecule has 6 heteroatoms. The molecule has 2 aliphatic carbocycles. The van der Waals surface area contributed by atoms with Gasteiger partial charge in [-0.3, -0.25) is 0 Å². The van der Waals surface area contributed by atoms with Crippen LogP contribution in [-0.2, 0) is 33.9 Å². The fourth-order valence-corrected chi connectivity index (χ4v) is 5.39. The van der Waals surface area contributed by atoms with E-state index in [4.69, 9.17) is 9.16 Å². The molecule has 0 N–H and O–H groups in total. The molecule has 0 bridgehead atoms. The third-order valence-electron chi connectivity index (χ3n) is 4.53. The van der Waals surface area contributed by atoms with Crippen LogP contribution in [0.1, 0.15) is 31.4 Å². The van der Waals surface area contributed by atoms with Crippen molar-refractivity contribution in [1.29, 1.82) is 0 Å². The molecule has 0 aliphatic heterocycles. The summed E-state index contributed by atoms with van der Waals surface area (Å²) in [6, 6.07) is 8.78. The summed E-state index contributed by atoms with van der Waals surface area (Å²) in [4.78, 5) is 0. The van der Waals surface area contributed by atoms with Gasteiger partial charge in [0.2, 0.25) is 0 Å². The molecule has 0 atom stereocenters. The monoisotopic (exact) mass is 511 g/mol. The van der Waals surface area contributed by atoms with Crippen LogP contribution in [0, 0.1) is 0 Å². The molecule has 0 heterocycles. The van der Waals surface area contributed by atoms with Gasteiger partial charge < -0.3 is 24.8 Å². The van der Waals surface area contributed by atoms with E-state index in [-0.39, 0.29) is 24.8 Å². The van der Waals surface area contributed by atoms with Gasteiger partial charge in [-0.15, -0.1) is 0 Å². The van der Waals surface area contributed by atoms with Crippen molar-refractivity contribution in [2.45, 2.75) is 39.9 Å². The Bertz CT molecular complexity index is 844. The van der Waals surface area contributed by atoms with Gasteiger partial charge in [0, 0.05) is 0 Å². The zero-order valence-electron chi connectivity index (χ0n) is 17.2. The standard InChI is InChI=1S/C22H27O2Si.2ClH.Zr/c1-16(2)22-18-10-7-6-9-17(18)15-20(22)19-11-8-12-21(19)23-13-14-24-25(3,4)5;;;/h6-10,12H,11,13-14H2,1-5H3;2*1H;/q;;;+2/p-2. The predicted octanol–water partition coefficient (Wildman–Crippen LogP) is -0.158. The van der Waals surface area contributed by atoms with Gasteiger partial charge in [0.1, 0.15) is 0 Å². The molecule has 0 radical (unpaired) electrons. The van der Waals surface area contributed by atoms with Gasteiger partial charge in [-0.2, -0.15) is 0 Å². The van der Waals surface area contributed by atoms with Gasteiger partial charge in [0.25, 0.3) is 0 Å². The molecule has 0 saturated carbocycles. The van der Waals surface area contributed by atoms with Gasteiger partial charge in [-0.25, -0.2) is 0 Å². The van der Waals surface area contributed by atoms with E-state index in [1.165, 1.54) is 61.4 Å². The molecular weight excluding hydrogens is 486 g/mol. The number of ether oxygens (including phenoxy) is 1. The third-order valence-corrected chi connectivity index (χ3v) is 6.88. The van der Waals surface area contributed by atoms with Crippen molar-refractivity contribution in [2.24, 2.45) is 0 Å². The fraction of sp³-hybridized carbons (Fsp3) is 0.364. The smallest absolute Gasteiger partial charge is 1.00 e. The summed E-state index contributed by atoms with van der Waals surface area (Å²) in [5.74, 6) is 1.02. The van der Waals surface area contributed by atoms with Crippen molar-refractivity contribution in [3.8, 4) is 0 Å². The second kappa shape index (κ2) is 10.6. The number of allylic oxidation sites excluding steroid dienone is 6. The first kappa shape index (κ1) is 25.7. The molecule has 0 fully saturated rings. The topological polar surface area (TPSA) is 18.5 Å². The van der Waals surface area contributed by atoms with E-state index in [1.54, 1.807) is 0 Å². The Morgan fingerprint density at radius 1 is 1.04 bits per heavy atom. The number of hydrogen-bond acceptors (Lipinski definition) is 2. The van der Waals surface area contributed by atoms with E-state index in [0.29, 0.717) is 13.2 Å². The Morgan fingerprint density at radius 3 is 2.29 bits per heavy atom. The first-order chi connectivity index (χ1) is 12.3. The summed E-state index contributed by atoms with van der Waals surface area (Å²) >= 11 is 1.46. The summed E-state index contributed by atoms with van der Waals surface area (Å²) < 4.78 is 13.5. The summed E-state index contributed by atoms with van der Waals surface area (Å²) in [6.07, 6.45) is 5.29. The Balaban J connectivity index is 0.00000196. The van der Waals surface area contributed by atoms with Gasteiger partial charge >= 0.3 is 174 Å². The molecule has 0 aromatic heterocycles. The summed E-state index contributed by atoms with van der Waals surface area (Å²) in [5.41, 5.74) is 8.25. The van der Waals surface area contributed by atoms with Crippen LogP contribution in [0.25, 0.3) is 8.85 Å². The molecule has 0 spiro atoms. The van der Waals surface area contributed by atoms with Gasteiger partial charge in [-0.05, 0) is 0 Å². The van der Waals surface area contributed by atoms with E-state index in [0.717, 1.165) is 12.2 Å². The first-order valence-corrected chi connectivity index (χ1v) is 13.8. The zero-order valence-corrected chi connectivity index (χ0v) is 22.1. The second-order valence-electron chi connectivity index (χ2n) is 7.93. The number of fused-ring (bicyclic) bond motifs is 1.